The summed E-state index contributed by atoms with van der Waals surface area (Å²) in [4.78, 5) is 8.82. The lowest BCUT2D eigenvalue weighted by atomic mass is 9.95. The number of aryl methyl sites for hydroxylation is 1. The van der Waals surface area contributed by atoms with Crippen molar-refractivity contribution >= 4 is 0 Å². The summed E-state index contributed by atoms with van der Waals surface area (Å²) < 4.78 is 0. The molecule has 0 aliphatic heterocycles. The van der Waals surface area contributed by atoms with Crippen LogP contribution in [0.25, 0.3) is 0 Å². The van der Waals surface area contributed by atoms with Crippen molar-refractivity contribution in [3.8, 4) is 0 Å². The van der Waals surface area contributed by atoms with Crippen molar-refractivity contribution in [2.45, 2.75) is 46.1 Å². The third kappa shape index (κ3) is 2.29. The third-order valence-corrected chi connectivity index (χ3v) is 2.18. The molecule has 0 spiro atoms. The zero-order chi connectivity index (χ0) is 10.9. The van der Waals surface area contributed by atoms with Crippen molar-refractivity contribution in [2.75, 3.05) is 0 Å². The van der Waals surface area contributed by atoms with Crippen LogP contribution in [0.1, 0.15) is 50.8 Å². The smallest absolute Gasteiger partial charge is 0.133 e. The van der Waals surface area contributed by atoms with E-state index in [4.69, 9.17) is 5.73 Å². The molecule has 1 unspecified atom stereocenters. The largest absolute Gasteiger partial charge is 0.324 e. The quantitative estimate of drug-likeness (QED) is 0.743. The molecule has 3 nitrogen and oxygen atoms in total. The average Bonchev–Trinajstić information content (AvgIpc) is 2.01. The summed E-state index contributed by atoms with van der Waals surface area (Å²) in [6.07, 6.45) is 1.84. The second-order valence-electron chi connectivity index (χ2n) is 4.77. The molecular formula is C11H19N3. The normalized spacial score (nSPS) is 14.1. The minimum atomic E-state index is 0.00112. The zero-order valence-corrected chi connectivity index (χ0v) is 9.63. The molecule has 0 aromatic carbocycles. The fourth-order valence-corrected chi connectivity index (χ4v) is 1.28. The van der Waals surface area contributed by atoms with Crippen molar-refractivity contribution in [3.05, 3.63) is 23.3 Å². The van der Waals surface area contributed by atoms with Crippen molar-refractivity contribution < 1.29 is 0 Å². The van der Waals surface area contributed by atoms with Gasteiger partial charge >= 0.3 is 0 Å². The van der Waals surface area contributed by atoms with Crippen LogP contribution < -0.4 is 5.73 Å². The number of hydrogen-bond donors (Lipinski definition) is 1. The van der Waals surface area contributed by atoms with Gasteiger partial charge in [0.1, 0.15) is 5.82 Å². The Kier molecular flexibility index (Phi) is 2.90. The van der Waals surface area contributed by atoms with Crippen LogP contribution in [0.5, 0.6) is 0 Å². The van der Waals surface area contributed by atoms with E-state index in [1.165, 1.54) is 0 Å². The fourth-order valence-electron chi connectivity index (χ4n) is 1.28. The van der Waals surface area contributed by atoms with Gasteiger partial charge in [0.05, 0.1) is 0 Å². The van der Waals surface area contributed by atoms with Gasteiger partial charge in [-0.15, -0.1) is 0 Å². The minimum absolute atomic E-state index is 0.00112. The Labute approximate surface area is 85.8 Å². The summed E-state index contributed by atoms with van der Waals surface area (Å²) >= 11 is 0. The van der Waals surface area contributed by atoms with Crippen molar-refractivity contribution in [1.82, 2.24) is 9.97 Å². The summed E-state index contributed by atoms with van der Waals surface area (Å²) in [5.74, 6) is 0.874. The lowest BCUT2D eigenvalue weighted by molar-refractivity contribution is 0.540. The molecule has 3 heteroatoms. The van der Waals surface area contributed by atoms with Gasteiger partial charge in [0, 0.05) is 28.9 Å². The molecular weight excluding hydrogens is 174 g/mol. The number of nitrogens with zero attached hydrogens (tertiary/aromatic N) is 2. The summed E-state index contributed by atoms with van der Waals surface area (Å²) in [7, 11) is 0. The van der Waals surface area contributed by atoms with E-state index < -0.39 is 0 Å². The molecule has 0 amide bonds. The van der Waals surface area contributed by atoms with Crippen molar-refractivity contribution in [3.63, 3.8) is 0 Å². The first kappa shape index (κ1) is 11.1. The molecule has 0 aliphatic rings. The molecule has 0 fully saturated rings. The number of rotatable bonds is 1. The molecule has 0 aliphatic carbocycles. The van der Waals surface area contributed by atoms with Gasteiger partial charge in [-0.25, -0.2) is 9.97 Å². The van der Waals surface area contributed by atoms with Gasteiger partial charge in [0.15, 0.2) is 0 Å². The Morgan fingerprint density at radius 2 is 1.93 bits per heavy atom. The van der Waals surface area contributed by atoms with Crippen LogP contribution in [0.4, 0.5) is 0 Å². The molecule has 0 saturated heterocycles. The van der Waals surface area contributed by atoms with Crippen LogP contribution in [0.3, 0.4) is 0 Å². The van der Waals surface area contributed by atoms with Crippen molar-refractivity contribution in [1.29, 1.82) is 0 Å². The van der Waals surface area contributed by atoms with E-state index in [0.717, 1.165) is 17.1 Å². The van der Waals surface area contributed by atoms with E-state index in [1.807, 2.05) is 20.0 Å². The Hall–Kier alpha value is -0.960. The van der Waals surface area contributed by atoms with Gasteiger partial charge in [-0.3, -0.25) is 0 Å². The third-order valence-electron chi connectivity index (χ3n) is 2.18. The first-order valence-corrected chi connectivity index (χ1v) is 4.92. The molecule has 1 aromatic heterocycles. The predicted molar refractivity (Wildman–Crippen MR) is 58.1 cm³/mol. The molecule has 0 saturated carbocycles. The van der Waals surface area contributed by atoms with E-state index in [-0.39, 0.29) is 11.5 Å². The van der Waals surface area contributed by atoms with Crippen LogP contribution in [0, 0.1) is 6.92 Å². The van der Waals surface area contributed by atoms with Gasteiger partial charge in [0.2, 0.25) is 0 Å². The second kappa shape index (κ2) is 3.65. The average molecular weight is 193 g/mol. The summed E-state index contributed by atoms with van der Waals surface area (Å²) in [6, 6.07) is 0.00372. The van der Waals surface area contributed by atoms with E-state index >= 15 is 0 Å². The van der Waals surface area contributed by atoms with Gasteiger partial charge in [-0.1, -0.05) is 20.8 Å². The Morgan fingerprint density at radius 3 is 2.29 bits per heavy atom. The molecule has 1 rings (SSSR count). The molecule has 0 bridgehead atoms. The predicted octanol–water partition coefficient (Wildman–Crippen LogP) is 2.10. The summed E-state index contributed by atoms with van der Waals surface area (Å²) in [5, 5.41) is 0. The molecule has 2 N–H and O–H groups in total. The molecule has 1 heterocycles. The monoisotopic (exact) mass is 193 g/mol. The molecule has 14 heavy (non-hydrogen) atoms. The van der Waals surface area contributed by atoms with Crippen LogP contribution in [0.2, 0.25) is 0 Å². The summed E-state index contributed by atoms with van der Waals surface area (Å²) in [6.45, 7) is 10.2. The van der Waals surface area contributed by atoms with Gasteiger partial charge in [-0.05, 0) is 13.8 Å². The van der Waals surface area contributed by atoms with Crippen LogP contribution in [-0.4, -0.2) is 9.97 Å². The molecule has 0 radical (unpaired) electrons. The fraction of sp³-hybridized carbons (Fsp3) is 0.636. The maximum Gasteiger partial charge on any atom is 0.133 e. The highest BCUT2D eigenvalue weighted by Gasteiger charge is 2.18. The first-order chi connectivity index (χ1) is 6.32. The number of hydrogen-bond acceptors (Lipinski definition) is 3. The minimum Gasteiger partial charge on any atom is -0.324 e. The highest BCUT2D eigenvalue weighted by atomic mass is 14.9. The first-order valence-electron chi connectivity index (χ1n) is 4.92. The highest BCUT2D eigenvalue weighted by Crippen LogP contribution is 2.20. The topological polar surface area (TPSA) is 51.8 Å². The maximum absolute atomic E-state index is 5.79. The van der Waals surface area contributed by atoms with E-state index in [2.05, 4.69) is 30.7 Å². The molecule has 1 atom stereocenters. The van der Waals surface area contributed by atoms with Gasteiger partial charge in [-0.2, -0.15) is 0 Å². The Balaban J connectivity index is 3.13. The summed E-state index contributed by atoms with van der Waals surface area (Å²) in [5.41, 5.74) is 7.81. The van der Waals surface area contributed by atoms with E-state index in [9.17, 15) is 0 Å². The van der Waals surface area contributed by atoms with Crippen LogP contribution in [-0.2, 0) is 5.41 Å². The van der Waals surface area contributed by atoms with Gasteiger partial charge in [0.25, 0.3) is 0 Å². The molecule has 78 valence electrons. The standard InChI is InChI=1S/C11H19N3/c1-7(12)9-6-13-10(11(3,4)5)14-8(9)2/h6-7H,12H2,1-5H3. The van der Waals surface area contributed by atoms with E-state index in [0.29, 0.717) is 0 Å². The Bertz CT molecular complexity index is 324. The van der Waals surface area contributed by atoms with Crippen LogP contribution >= 0.6 is 0 Å². The van der Waals surface area contributed by atoms with Gasteiger partial charge < -0.3 is 5.73 Å². The van der Waals surface area contributed by atoms with Crippen molar-refractivity contribution in [2.24, 2.45) is 5.73 Å². The van der Waals surface area contributed by atoms with Crippen LogP contribution in [0.15, 0.2) is 6.20 Å². The SMILES string of the molecule is Cc1nc(C(C)(C)C)ncc1C(C)N. The second-order valence-corrected chi connectivity index (χ2v) is 4.77. The number of aromatic nitrogens is 2. The number of nitrogens with two attached hydrogens (primary N) is 1. The Morgan fingerprint density at radius 1 is 1.36 bits per heavy atom. The lowest BCUT2D eigenvalue weighted by Crippen LogP contribution is -2.18. The highest BCUT2D eigenvalue weighted by molar-refractivity contribution is 5.21. The van der Waals surface area contributed by atoms with E-state index in [1.54, 1.807) is 0 Å². The zero-order valence-electron chi connectivity index (χ0n) is 9.63. The lowest BCUT2D eigenvalue weighted by Gasteiger charge is -2.18. The molecule has 1 aromatic rings. The maximum atomic E-state index is 5.79.